The van der Waals surface area contributed by atoms with Gasteiger partial charge in [0.2, 0.25) is 0 Å². The van der Waals surface area contributed by atoms with Gasteiger partial charge < -0.3 is 10.6 Å². The van der Waals surface area contributed by atoms with Crippen LogP contribution < -0.4 is 10.6 Å². The van der Waals surface area contributed by atoms with Crippen molar-refractivity contribution < 1.29 is 0 Å². The Labute approximate surface area is 56.0 Å². The average molecular weight is 126 g/mol. The molecule has 2 N–H and O–H groups in total. The van der Waals surface area contributed by atoms with Crippen molar-refractivity contribution in [1.29, 1.82) is 0 Å². The minimum absolute atomic E-state index is 0.858. The highest BCUT2D eigenvalue weighted by atomic mass is 15.1. The lowest BCUT2D eigenvalue weighted by Gasteiger charge is -2.01. The molecule has 0 amide bonds. The second-order valence-electron chi connectivity index (χ2n) is 3.13. The maximum absolute atomic E-state index is 3.42. The van der Waals surface area contributed by atoms with Crippen molar-refractivity contribution in [3.63, 3.8) is 0 Å². The Balaban J connectivity index is 1.46. The summed E-state index contributed by atoms with van der Waals surface area (Å²) in [5.74, 6) is 0. The van der Waals surface area contributed by atoms with Crippen LogP contribution in [0.3, 0.4) is 0 Å². The molecule has 0 radical (unpaired) electrons. The van der Waals surface area contributed by atoms with Crippen LogP contribution in [-0.4, -0.2) is 18.8 Å². The smallest absolute Gasteiger partial charge is 0.0458 e. The Morgan fingerprint density at radius 2 is 1.33 bits per heavy atom. The van der Waals surface area contributed by atoms with E-state index in [9.17, 15) is 0 Å². The van der Waals surface area contributed by atoms with Gasteiger partial charge in [-0.15, -0.1) is 0 Å². The van der Waals surface area contributed by atoms with Crippen molar-refractivity contribution in [2.45, 2.75) is 37.8 Å². The number of hydrogen-bond acceptors (Lipinski definition) is 2. The van der Waals surface area contributed by atoms with Crippen LogP contribution >= 0.6 is 0 Å². The lowest BCUT2D eigenvalue weighted by atomic mass is 10.6. The fourth-order valence-corrected chi connectivity index (χ4v) is 0.923. The molecule has 0 aromatic heterocycles. The standard InChI is InChI=1S/C7H14N2/c1-2-6(1)8-5-9-7-3-4-7/h6-9H,1-5H2. The van der Waals surface area contributed by atoms with E-state index in [1.54, 1.807) is 0 Å². The molecule has 0 bridgehead atoms. The van der Waals surface area contributed by atoms with E-state index in [0.29, 0.717) is 0 Å². The van der Waals surface area contributed by atoms with Gasteiger partial charge in [-0.25, -0.2) is 0 Å². The molecular weight excluding hydrogens is 112 g/mol. The van der Waals surface area contributed by atoms with Crippen molar-refractivity contribution in [3.8, 4) is 0 Å². The number of nitrogens with one attached hydrogen (secondary N) is 2. The highest BCUT2D eigenvalue weighted by Crippen LogP contribution is 2.20. The molecule has 0 aromatic rings. The lowest BCUT2D eigenvalue weighted by Crippen LogP contribution is -2.31. The summed E-state index contributed by atoms with van der Waals surface area (Å²) in [5, 5.41) is 6.83. The highest BCUT2D eigenvalue weighted by molar-refractivity contribution is 4.83. The lowest BCUT2D eigenvalue weighted by molar-refractivity contribution is 0.576. The zero-order valence-corrected chi connectivity index (χ0v) is 5.69. The molecule has 2 fully saturated rings. The Kier molecular flexibility index (Phi) is 1.44. The first-order chi connectivity index (χ1) is 4.45. The third-order valence-electron chi connectivity index (χ3n) is 1.94. The van der Waals surface area contributed by atoms with E-state index in [4.69, 9.17) is 0 Å². The third-order valence-corrected chi connectivity index (χ3v) is 1.94. The van der Waals surface area contributed by atoms with Crippen molar-refractivity contribution in [2.24, 2.45) is 0 Å². The summed E-state index contributed by atoms with van der Waals surface area (Å²) < 4.78 is 0. The van der Waals surface area contributed by atoms with Crippen LogP contribution in [0.4, 0.5) is 0 Å². The molecule has 2 nitrogen and oxygen atoms in total. The fraction of sp³-hybridized carbons (Fsp3) is 1.00. The predicted molar refractivity (Wildman–Crippen MR) is 37.2 cm³/mol. The molecule has 0 unspecified atom stereocenters. The van der Waals surface area contributed by atoms with E-state index in [1.165, 1.54) is 25.7 Å². The SMILES string of the molecule is C(NC1CC1)NC1CC1. The summed E-state index contributed by atoms with van der Waals surface area (Å²) in [7, 11) is 0. The molecule has 2 aliphatic rings. The zero-order valence-electron chi connectivity index (χ0n) is 5.69. The van der Waals surface area contributed by atoms with Gasteiger partial charge in [0.05, 0.1) is 0 Å². The Morgan fingerprint density at radius 1 is 0.889 bits per heavy atom. The molecule has 52 valence electrons. The summed E-state index contributed by atoms with van der Waals surface area (Å²) in [6, 6.07) is 1.72. The highest BCUT2D eigenvalue weighted by Gasteiger charge is 2.23. The minimum Gasteiger partial charge on any atom is -0.302 e. The van der Waals surface area contributed by atoms with Gasteiger partial charge in [0.1, 0.15) is 0 Å². The van der Waals surface area contributed by atoms with Gasteiger partial charge in [-0.1, -0.05) is 0 Å². The van der Waals surface area contributed by atoms with Crippen molar-refractivity contribution in [2.75, 3.05) is 6.67 Å². The molecule has 2 aliphatic carbocycles. The van der Waals surface area contributed by atoms with Gasteiger partial charge in [0.25, 0.3) is 0 Å². The van der Waals surface area contributed by atoms with Crippen LogP contribution in [0.5, 0.6) is 0 Å². The summed E-state index contributed by atoms with van der Waals surface area (Å²) in [4.78, 5) is 0. The first-order valence-corrected chi connectivity index (χ1v) is 3.92. The molecule has 2 rings (SSSR count). The van der Waals surface area contributed by atoms with Crippen molar-refractivity contribution in [3.05, 3.63) is 0 Å². The molecular formula is C7H14N2. The van der Waals surface area contributed by atoms with Crippen LogP contribution in [0.1, 0.15) is 25.7 Å². The topological polar surface area (TPSA) is 24.1 Å². The van der Waals surface area contributed by atoms with Crippen LogP contribution in [0, 0.1) is 0 Å². The van der Waals surface area contributed by atoms with E-state index in [2.05, 4.69) is 10.6 Å². The minimum atomic E-state index is 0.858. The number of rotatable bonds is 4. The summed E-state index contributed by atoms with van der Waals surface area (Å²) >= 11 is 0. The van der Waals surface area contributed by atoms with Gasteiger partial charge in [0, 0.05) is 18.8 Å². The second kappa shape index (κ2) is 2.27. The van der Waals surface area contributed by atoms with Gasteiger partial charge in [-0.05, 0) is 25.7 Å². The average Bonchev–Trinajstić information content (AvgIpc) is 2.57. The quantitative estimate of drug-likeness (QED) is 0.534. The Bertz CT molecular complexity index is 83.1. The summed E-state index contributed by atoms with van der Waals surface area (Å²) in [5.41, 5.74) is 0. The molecule has 0 spiro atoms. The van der Waals surface area contributed by atoms with Crippen LogP contribution in [-0.2, 0) is 0 Å². The van der Waals surface area contributed by atoms with Gasteiger partial charge >= 0.3 is 0 Å². The van der Waals surface area contributed by atoms with E-state index in [1.807, 2.05) is 0 Å². The maximum atomic E-state index is 3.42. The first kappa shape index (κ1) is 5.69. The largest absolute Gasteiger partial charge is 0.302 e. The predicted octanol–water partition coefficient (Wildman–Crippen LogP) is 0.448. The molecule has 0 aromatic carbocycles. The second-order valence-corrected chi connectivity index (χ2v) is 3.13. The van der Waals surface area contributed by atoms with E-state index in [0.717, 1.165) is 18.8 Å². The summed E-state index contributed by atoms with van der Waals surface area (Å²) in [6.45, 7) is 1.04. The maximum Gasteiger partial charge on any atom is 0.0458 e. The van der Waals surface area contributed by atoms with Crippen LogP contribution in [0.2, 0.25) is 0 Å². The van der Waals surface area contributed by atoms with Gasteiger partial charge in [-0.2, -0.15) is 0 Å². The van der Waals surface area contributed by atoms with Crippen LogP contribution in [0.15, 0.2) is 0 Å². The molecule has 9 heavy (non-hydrogen) atoms. The number of hydrogen-bond donors (Lipinski definition) is 2. The van der Waals surface area contributed by atoms with Gasteiger partial charge in [0.15, 0.2) is 0 Å². The molecule has 0 atom stereocenters. The Morgan fingerprint density at radius 3 is 1.67 bits per heavy atom. The van der Waals surface area contributed by atoms with E-state index < -0.39 is 0 Å². The Hall–Kier alpha value is -0.0800. The zero-order chi connectivity index (χ0) is 6.10. The molecule has 0 saturated heterocycles. The van der Waals surface area contributed by atoms with Crippen LogP contribution in [0.25, 0.3) is 0 Å². The normalized spacial score (nSPS) is 26.7. The monoisotopic (exact) mass is 126 g/mol. The summed E-state index contributed by atoms with van der Waals surface area (Å²) in [6.07, 6.45) is 5.58. The van der Waals surface area contributed by atoms with E-state index in [-0.39, 0.29) is 0 Å². The first-order valence-electron chi connectivity index (χ1n) is 3.92. The van der Waals surface area contributed by atoms with Crippen molar-refractivity contribution in [1.82, 2.24) is 10.6 Å². The van der Waals surface area contributed by atoms with Crippen molar-refractivity contribution >= 4 is 0 Å². The molecule has 2 heteroatoms. The van der Waals surface area contributed by atoms with Gasteiger partial charge in [-0.3, -0.25) is 0 Å². The third kappa shape index (κ3) is 1.95. The molecule has 0 heterocycles. The molecule has 0 aliphatic heterocycles. The fourth-order valence-electron chi connectivity index (χ4n) is 0.923. The van der Waals surface area contributed by atoms with E-state index >= 15 is 0 Å². The molecule has 2 saturated carbocycles.